The molecule has 70 valence electrons. The fraction of sp³-hybridized carbons (Fsp3) is 0.429. The van der Waals surface area contributed by atoms with Gasteiger partial charge in [0.2, 0.25) is 0 Å². The van der Waals surface area contributed by atoms with Crippen LogP contribution < -0.4 is 5.73 Å². The van der Waals surface area contributed by atoms with Gasteiger partial charge in [-0.1, -0.05) is 6.58 Å². The number of ether oxygens (including phenoxy) is 1. The highest BCUT2D eigenvalue weighted by Crippen LogP contribution is 1.81. The largest absolute Gasteiger partial charge is 0.481 e. The molecule has 0 spiro atoms. The first-order valence-corrected chi connectivity index (χ1v) is 3.24. The van der Waals surface area contributed by atoms with Crippen LogP contribution in [0, 0.1) is 0 Å². The van der Waals surface area contributed by atoms with Crippen molar-refractivity contribution in [1.82, 2.24) is 0 Å². The van der Waals surface area contributed by atoms with Crippen molar-refractivity contribution >= 4 is 11.9 Å². The fourth-order valence-electron chi connectivity index (χ4n) is 0.270. The van der Waals surface area contributed by atoms with E-state index in [0.717, 1.165) is 13.2 Å². The van der Waals surface area contributed by atoms with E-state index in [1.807, 2.05) is 0 Å². The van der Waals surface area contributed by atoms with Gasteiger partial charge in [-0.05, 0) is 0 Å². The molecule has 0 saturated carbocycles. The van der Waals surface area contributed by atoms with Crippen LogP contribution in [0.15, 0.2) is 12.8 Å². The molecule has 0 aliphatic carbocycles. The van der Waals surface area contributed by atoms with Gasteiger partial charge >= 0.3 is 5.97 Å². The summed E-state index contributed by atoms with van der Waals surface area (Å²) < 4.78 is 4.33. The lowest BCUT2D eigenvalue weighted by atomic mass is 10.4. The number of carboxylic acid groups (broad SMARTS) is 1. The second-order valence-electron chi connectivity index (χ2n) is 1.71. The Labute approximate surface area is 70.8 Å². The molecule has 5 nitrogen and oxygen atoms in total. The van der Waals surface area contributed by atoms with E-state index in [0.29, 0.717) is 6.54 Å². The summed E-state index contributed by atoms with van der Waals surface area (Å²) >= 11 is 0. The number of nitrogens with two attached hydrogens (primary N) is 1. The van der Waals surface area contributed by atoms with Crippen molar-refractivity contribution in [2.75, 3.05) is 6.54 Å². The highest BCUT2D eigenvalue weighted by atomic mass is 16.5. The van der Waals surface area contributed by atoms with Crippen molar-refractivity contribution in [3.63, 3.8) is 0 Å². The minimum atomic E-state index is -0.833. The van der Waals surface area contributed by atoms with Crippen molar-refractivity contribution in [1.29, 1.82) is 0 Å². The number of esters is 1. The van der Waals surface area contributed by atoms with E-state index in [9.17, 15) is 4.79 Å². The number of carbonyl (C=O) groups excluding carboxylic acids is 1. The number of carbonyl (C=O) groups is 2. The van der Waals surface area contributed by atoms with Crippen molar-refractivity contribution in [3.05, 3.63) is 12.8 Å². The van der Waals surface area contributed by atoms with Crippen LogP contribution in [0.3, 0.4) is 0 Å². The molecule has 3 N–H and O–H groups in total. The van der Waals surface area contributed by atoms with Crippen LogP contribution in [0.5, 0.6) is 0 Å². The molecule has 0 heterocycles. The lowest BCUT2D eigenvalue weighted by Crippen LogP contribution is -2.08. The maximum absolute atomic E-state index is 10.3. The molecule has 0 atom stereocenters. The van der Waals surface area contributed by atoms with E-state index in [4.69, 9.17) is 15.6 Å². The maximum atomic E-state index is 10.3. The Morgan fingerprint density at radius 3 is 2.33 bits per heavy atom. The first-order valence-electron chi connectivity index (χ1n) is 3.24. The molecule has 0 aliphatic heterocycles. The topological polar surface area (TPSA) is 89.6 Å². The Kier molecular flexibility index (Phi) is 10.6. The molecule has 0 bridgehead atoms. The number of carboxylic acids is 1. The number of hydrogen-bond donors (Lipinski definition) is 2. The Morgan fingerprint density at radius 2 is 2.08 bits per heavy atom. The smallest absolute Gasteiger partial charge is 0.311 e. The maximum Gasteiger partial charge on any atom is 0.311 e. The third-order valence-electron chi connectivity index (χ3n) is 0.563. The van der Waals surface area contributed by atoms with Gasteiger partial charge in [0.1, 0.15) is 0 Å². The molecule has 0 unspecified atom stereocenters. The molecular weight excluding hydrogens is 162 g/mol. The van der Waals surface area contributed by atoms with Gasteiger partial charge in [-0.2, -0.15) is 0 Å². The van der Waals surface area contributed by atoms with Crippen LogP contribution in [-0.2, 0) is 14.3 Å². The molecule has 0 aromatic heterocycles. The van der Waals surface area contributed by atoms with E-state index in [-0.39, 0.29) is 12.4 Å². The number of aliphatic carboxylic acids is 1. The van der Waals surface area contributed by atoms with Gasteiger partial charge in [0, 0.05) is 13.5 Å². The van der Waals surface area contributed by atoms with Gasteiger partial charge in [0.05, 0.1) is 12.7 Å². The highest BCUT2D eigenvalue weighted by Gasteiger charge is 1.94. The van der Waals surface area contributed by atoms with Gasteiger partial charge in [-0.15, -0.1) is 0 Å². The lowest BCUT2D eigenvalue weighted by Gasteiger charge is -1.92. The molecular formula is C7H13NO4. The van der Waals surface area contributed by atoms with Gasteiger partial charge in [0.25, 0.3) is 5.97 Å². The van der Waals surface area contributed by atoms with Gasteiger partial charge in [-0.3, -0.25) is 9.59 Å². The van der Waals surface area contributed by atoms with Crippen molar-refractivity contribution in [2.45, 2.75) is 13.3 Å². The van der Waals surface area contributed by atoms with Gasteiger partial charge < -0.3 is 15.6 Å². The average molecular weight is 175 g/mol. The summed E-state index contributed by atoms with van der Waals surface area (Å²) in [5, 5.41) is 7.42. The van der Waals surface area contributed by atoms with Crippen LogP contribution in [0.25, 0.3) is 0 Å². The number of rotatable bonds is 3. The minimum Gasteiger partial charge on any atom is -0.481 e. The zero-order valence-electron chi connectivity index (χ0n) is 6.95. The standard InChI is InChI=1S/C5H9NO2.C2H4O2/c1-2-8-5(7)3-4-6;1-2(3)4/h2H,1,3-4,6H2;1H3,(H,3,4). The molecule has 0 amide bonds. The van der Waals surface area contributed by atoms with E-state index in [1.165, 1.54) is 0 Å². The van der Waals surface area contributed by atoms with E-state index < -0.39 is 5.97 Å². The summed E-state index contributed by atoms with van der Waals surface area (Å²) in [6.07, 6.45) is 1.35. The second-order valence-corrected chi connectivity index (χ2v) is 1.71. The van der Waals surface area contributed by atoms with E-state index >= 15 is 0 Å². The first-order chi connectivity index (χ1) is 5.54. The van der Waals surface area contributed by atoms with Crippen LogP contribution >= 0.6 is 0 Å². The Morgan fingerprint density at radius 1 is 1.67 bits per heavy atom. The van der Waals surface area contributed by atoms with Crippen molar-refractivity contribution in [2.24, 2.45) is 5.73 Å². The highest BCUT2D eigenvalue weighted by molar-refractivity contribution is 5.70. The summed E-state index contributed by atoms with van der Waals surface area (Å²) in [6.45, 7) is 4.61. The van der Waals surface area contributed by atoms with Crippen LogP contribution in [-0.4, -0.2) is 23.6 Å². The summed E-state index contributed by atoms with van der Waals surface area (Å²) in [5.41, 5.74) is 5.02. The van der Waals surface area contributed by atoms with E-state index in [1.54, 1.807) is 0 Å². The van der Waals surface area contributed by atoms with Crippen LogP contribution in [0.4, 0.5) is 0 Å². The van der Waals surface area contributed by atoms with Crippen LogP contribution in [0.1, 0.15) is 13.3 Å². The summed E-state index contributed by atoms with van der Waals surface area (Å²) in [5.74, 6) is -1.16. The van der Waals surface area contributed by atoms with Gasteiger partial charge in [-0.25, -0.2) is 0 Å². The van der Waals surface area contributed by atoms with Crippen LogP contribution in [0.2, 0.25) is 0 Å². The molecule has 0 rings (SSSR count). The zero-order chi connectivity index (χ0) is 9.98. The molecule has 0 radical (unpaired) electrons. The summed E-state index contributed by atoms with van der Waals surface area (Å²) in [7, 11) is 0. The fourth-order valence-corrected chi connectivity index (χ4v) is 0.270. The molecule has 0 aromatic rings. The summed E-state index contributed by atoms with van der Waals surface area (Å²) in [6, 6.07) is 0. The minimum absolute atomic E-state index is 0.256. The zero-order valence-corrected chi connectivity index (χ0v) is 6.95. The van der Waals surface area contributed by atoms with Gasteiger partial charge in [0.15, 0.2) is 0 Å². The molecule has 0 saturated heterocycles. The summed E-state index contributed by atoms with van der Waals surface area (Å²) in [4.78, 5) is 19.3. The molecule has 0 fully saturated rings. The Hall–Kier alpha value is -1.36. The monoisotopic (exact) mass is 175 g/mol. The number of hydrogen-bond acceptors (Lipinski definition) is 4. The molecule has 0 aromatic carbocycles. The second kappa shape index (κ2) is 9.64. The third kappa shape index (κ3) is 23.4. The predicted octanol–water partition coefficient (Wildman–Crippen LogP) is 0.113. The quantitative estimate of drug-likeness (QED) is 0.469. The normalized spacial score (nSPS) is 7.50. The molecule has 5 heteroatoms. The van der Waals surface area contributed by atoms with Crippen molar-refractivity contribution in [3.8, 4) is 0 Å². The predicted molar refractivity (Wildman–Crippen MR) is 43.3 cm³/mol. The lowest BCUT2D eigenvalue weighted by molar-refractivity contribution is -0.138. The molecule has 0 aliphatic rings. The Bertz CT molecular complexity index is 151. The van der Waals surface area contributed by atoms with Crippen molar-refractivity contribution < 1.29 is 19.4 Å². The Balaban J connectivity index is 0. The SMILES string of the molecule is C=COC(=O)CCN.CC(=O)O. The average Bonchev–Trinajstić information content (AvgIpc) is 1.87. The molecule has 12 heavy (non-hydrogen) atoms. The third-order valence-corrected chi connectivity index (χ3v) is 0.563. The first kappa shape index (κ1) is 13.2. The van der Waals surface area contributed by atoms with E-state index in [2.05, 4.69) is 11.3 Å².